The summed E-state index contributed by atoms with van der Waals surface area (Å²) in [7, 11) is 2.93. The highest BCUT2D eigenvalue weighted by Crippen LogP contribution is 2.37. The molecule has 0 aliphatic carbocycles. The molecule has 0 bridgehead atoms. The van der Waals surface area contributed by atoms with Crippen molar-refractivity contribution in [3.05, 3.63) is 88.5 Å². The van der Waals surface area contributed by atoms with E-state index in [0.29, 0.717) is 30.2 Å². The molecular formula is C32H35F2N7O5. The molecule has 0 saturated carbocycles. The Morgan fingerprint density at radius 2 is 1.61 bits per heavy atom. The third-order valence-corrected chi connectivity index (χ3v) is 7.80. The topological polar surface area (TPSA) is 135 Å². The van der Waals surface area contributed by atoms with Crippen molar-refractivity contribution < 1.29 is 27.8 Å². The van der Waals surface area contributed by atoms with Gasteiger partial charge in [-0.25, -0.2) is 23.2 Å². The second kappa shape index (κ2) is 13.4. The number of rotatable bonds is 8. The Morgan fingerprint density at radius 1 is 0.935 bits per heavy atom. The number of fused-ring (bicyclic) bond motifs is 1. The fourth-order valence-electron chi connectivity index (χ4n) is 5.43. The Labute approximate surface area is 263 Å². The molecule has 0 radical (unpaired) electrons. The Hall–Kier alpha value is -5.24. The van der Waals surface area contributed by atoms with Gasteiger partial charge in [-0.2, -0.15) is 0 Å². The van der Waals surface area contributed by atoms with Gasteiger partial charge in [0.1, 0.15) is 23.1 Å². The van der Waals surface area contributed by atoms with Crippen molar-refractivity contribution in [1.82, 2.24) is 14.6 Å². The van der Waals surface area contributed by atoms with Crippen molar-refractivity contribution in [2.24, 2.45) is 5.73 Å². The highest BCUT2D eigenvalue weighted by molar-refractivity contribution is 6.03. The highest BCUT2D eigenvalue weighted by Gasteiger charge is 2.33. The van der Waals surface area contributed by atoms with Gasteiger partial charge in [-0.3, -0.25) is 14.5 Å². The molecule has 2 heterocycles. The van der Waals surface area contributed by atoms with E-state index in [1.807, 2.05) is 0 Å². The zero-order valence-corrected chi connectivity index (χ0v) is 25.9. The molecule has 12 nitrogen and oxygen atoms in total. The number of urea groups is 1. The SMILES string of the molecule is COc1ccc(N(C(=O)Nc2ccc(F)cc2)C(C)c2nc3cc(F)ccc3c(=O)n2N2CCN(C(=O)[C@H](C)N)CC2)c(OC)c1. The van der Waals surface area contributed by atoms with Crippen LogP contribution in [0.1, 0.15) is 25.7 Å². The smallest absolute Gasteiger partial charge is 0.327 e. The molecular weight excluding hydrogens is 600 g/mol. The molecule has 1 aliphatic heterocycles. The van der Waals surface area contributed by atoms with E-state index in [1.165, 1.54) is 60.2 Å². The van der Waals surface area contributed by atoms with Crippen molar-refractivity contribution in [3.8, 4) is 11.5 Å². The number of benzene rings is 3. The number of nitrogens with two attached hydrogens (primary N) is 1. The van der Waals surface area contributed by atoms with Crippen LogP contribution in [-0.4, -0.2) is 72.9 Å². The molecule has 1 fully saturated rings. The van der Waals surface area contributed by atoms with Crippen LogP contribution in [0.5, 0.6) is 11.5 Å². The van der Waals surface area contributed by atoms with Gasteiger partial charge in [0.15, 0.2) is 5.82 Å². The number of amides is 3. The zero-order chi connectivity index (χ0) is 33.1. The minimum atomic E-state index is -0.966. The summed E-state index contributed by atoms with van der Waals surface area (Å²) in [5, 5.41) is 4.70. The summed E-state index contributed by atoms with van der Waals surface area (Å²) in [6, 6.07) is 11.6. The lowest BCUT2D eigenvalue weighted by Crippen LogP contribution is -2.58. The zero-order valence-electron chi connectivity index (χ0n) is 25.9. The number of halogens is 2. The molecule has 1 aromatic heterocycles. The fraction of sp³-hybridized carbons (Fsp3) is 0.312. The molecule has 5 rings (SSSR count). The summed E-state index contributed by atoms with van der Waals surface area (Å²) in [5.74, 6) is -0.377. The van der Waals surface area contributed by atoms with E-state index in [1.54, 1.807) is 42.0 Å². The number of carbonyl (C=O) groups excluding carboxylic acids is 2. The number of ether oxygens (including phenoxy) is 2. The quantitative estimate of drug-likeness (QED) is 0.300. The number of piperazine rings is 1. The molecule has 1 saturated heterocycles. The van der Waals surface area contributed by atoms with Crippen LogP contribution >= 0.6 is 0 Å². The van der Waals surface area contributed by atoms with Gasteiger partial charge in [0.2, 0.25) is 5.91 Å². The summed E-state index contributed by atoms with van der Waals surface area (Å²) in [6.45, 7) is 4.41. The maximum atomic E-state index is 14.4. The van der Waals surface area contributed by atoms with Crippen LogP contribution in [0, 0.1) is 11.6 Å². The standard InChI is InChI=1S/C32H35F2N7O5/c1-19(35)30(42)38-13-15-39(16-14-38)41-29(37-26-17-22(34)7-11-25(26)31(41)43)20(2)40(27-12-10-24(45-3)18-28(27)46-4)32(44)36-23-8-5-21(33)6-9-23/h5-12,17-20H,13-16,35H2,1-4H3,(H,36,44)/t19-,20?/m0/s1. The minimum absolute atomic E-state index is 0.106. The number of carbonyl (C=O) groups is 2. The average Bonchev–Trinajstić information content (AvgIpc) is 3.05. The molecule has 0 spiro atoms. The van der Waals surface area contributed by atoms with Crippen molar-refractivity contribution in [2.45, 2.75) is 25.9 Å². The number of nitrogens with one attached hydrogen (secondary N) is 1. The van der Waals surface area contributed by atoms with Crippen molar-refractivity contribution in [1.29, 1.82) is 0 Å². The van der Waals surface area contributed by atoms with Crippen LogP contribution < -0.4 is 36.0 Å². The lowest BCUT2D eigenvalue weighted by Gasteiger charge is -2.39. The van der Waals surface area contributed by atoms with E-state index in [2.05, 4.69) is 5.32 Å². The number of hydrogen-bond donors (Lipinski definition) is 2. The van der Waals surface area contributed by atoms with Gasteiger partial charge in [0.05, 0.1) is 56.0 Å². The number of methoxy groups -OCH3 is 2. The van der Waals surface area contributed by atoms with Crippen LogP contribution in [0.2, 0.25) is 0 Å². The number of nitrogens with zero attached hydrogens (tertiary/aromatic N) is 5. The van der Waals surface area contributed by atoms with Gasteiger partial charge < -0.3 is 30.4 Å². The van der Waals surface area contributed by atoms with E-state index in [9.17, 15) is 23.2 Å². The molecule has 4 aromatic rings. The minimum Gasteiger partial charge on any atom is -0.497 e. The van der Waals surface area contributed by atoms with Crippen LogP contribution in [0.4, 0.5) is 25.0 Å². The van der Waals surface area contributed by atoms with Crippen molar-refractivity contribution >= 4 is 34.2 Å². The fourth-order valence-corrected chi connectivity index (χ4v) is 5.43. The summed E-state index contributed by atoms with van der Waals surface area (Å²) < 4.78 is 40.4. The van der Waals surface area contributed by atoms with Crippen LogP contribution in [-0.2, 0) is 4.79 Å². The first-order valence-corrected chi connectivity index (χ1v) is 14.6. The van der Waals surface area contributed by atoms with Crippen LogP contribution in [0.15, 0.2) is 65.5 Å². The van der Waals surface area contributed by atoms with Crippen molar-refractivity contribution in [3.63, 3.8) is 0 Å². The van der Waals surface area contributed by atoms with Gasteiger partial charge in [-0.05, 0) is 62.4 Å². The Balaban J connectivity index is 1.65. The van der Waals surface area contributed by atoms with Gasteiger partial charge in [-0.1, -0.05) is 0 Å². The Kier molecular flexibility index (Phi) is 9.37. The molecule has 46 heavy (non-hydrogen) atoms. The molecule has 14 heteroatoms. The van der Waals surface area contributed by atoms with Gasteiger partial charge in [-0.15, -0.1) is 0 Å². The normalized spacial score (nSPS) is 14.5. The largest absolute Gasteiger partial charge is 0.497 e. The summed E-state index contributed by atoms with van der Waals surface area (Å²) in [6.07, 6.45) is 0. The van der Waals surface area contributed by atoms with Crippen LogP contribution in [0.3, 0.4) is 0 Å². The third-order valence-electron chi connectivity index (χ3n) is 7.80. The molecule has 242 valence electrons. The predicted octanol–water partition coefficient (Wildman–Crippen LogP) is 3.62. The van der Waals surface area contributed by atoms with Gasteiger partial charge in [0.25, 0.3) is 5.56 Å². The van der Waals surface area contributed by atoms with Crippen molar-refractivity contribution in [2.75, 3.05) is 55.6 Å². The lowest BCUT2D eigenvalue weighted by molar-refractivity contribution is -0.132. The van der Waals surface area contributed by atoms with Gasteiger partial charge in [0, 0.05) is 30.9 Å². The lowest BCUT2D eigenvalue weighted by atomic mass is 10.1. The van der Waals surface area contributed by atoms with Crippen LogP contribution in [0.25, 0.3) is 10.9 Å². The molecule has 2 atom stereocenters. The molecule has 3 N–H and O–H groups in total. The van der Waals surface area contributed by atoms with E-state index in [4.69, 9.17) is 20.2 Å². The third kappa shape index (κ3) is 6.42. The second-order valence-corrected chi connectivity index (χ2v) is 10.8. The summed E-state index contributed by atoms with van der Waals surface area (Å²) >= 11 is 0. The molecule has 1 aliphatic rings. The second-order valence-electron chi connectivity index (χ2n) is 10.8. The first-order valence-electron chi connectivity index (χ1n) is 14.6. The maximum Gasteiger partial charge on any atom is 0.327 e. The molecule has 3 amide bonds. The maximum absolute atomic E-state index is 14.4. The van der Waals surface area contributed by atoms with E-state index in [-0.39, 0.29) is 41.5 Å². The average molecular weight is 636 g/mol. The predicted molar refractivity (Wildman–Crippen MR) is 170 cm³/mol. The van der Waals surface area contributed by atoms with E-state index >= 15 is 0 Å². The Bertz CT molecular complexity index is 1810. The molecule has 1 unspecified atom stereocenters. The number of anilines is 2. The first kappa shape index (κ1) is 32.2. The Morgan fingerprint density at radius 3 is 2.24 bits per heavy atom. The highest BCUT2D eigenvalue weighted by atomic mass is 19.1. The van der Waals surface area contributed by atoms with E-state index in [0.717, 1.165) is 6.07 Å². The number of aromatic nitrogens is 2. The van der Waals surface area contributed by atoms with Gasteiger partial charge >= 0.3 is 6.03 Å². The first-order chi connectivity index (χ1) is 22.0. The summed E-state index contributed by atoms with van der Waals surface area (Å²) in [4.78, 5) is 48.5. The summed E-state index contributed by atoms with van der Waals surface area (Å²) in [5.41, 5.74) is 6.07. The monoisotopic (exact) mass is 635 g/mol. The molecule has 3 aromatic carbocycles. The number of hydrogen-bond acceptors (Lipinski definition) is 8. The van der Waals surface area contributed by atoms with E-state index < -0.39 is 35.3 Å².